The summed E-state index contributed by atoms with van der Waals surface area (Å²) in [6, 6.07) is 20.2. The van der Waals surface area contributed by atoms with Crippen LogP contribution >= 0.6 is 0 Å². The molecule has 0 N–H and O–H groups in total. The standard InChI is InChI=1S/C21H17O2/c22-19-11-12-21(18-9-5-2-6-10-18)20(14-19)17(15-23-21)13-16-7-3-1-4-8-16/h1-12,20H,14-15H2. The molecule has 1 aliphatic carbocycles. The van der Waals surface area contributed by atoms with E-state index in [0.29, 0.717) is 13.0 Å². The Labute approximate surface area is 136 Å². The number of benzene rings is 2. The lowest BCUT2D eigenvalue weighted by molar-refractivity contribution is -0.117. The zero-order valence-corrected chi connectivity index (χ0v) is 12.7. The van der Waals surface area contributed by atoms with Gasteiger partial charge in [0.15, 0.2) is 5.78 Å². The van der Waals surface area contributed by atoms with Gasteiger partial charge < -0.3 is 4.74 Å². The number of allylic oxidation sites excluding steroid dienone is 1. The van der Waals surface area contributed by atoms with Crippen LogP contribution in [-0.4, -0.2) is 12.4 Å². The third kappa shape index (κ3) is 2.45. The average molecular weight is 301 g/mol. The van der Waals surface area contributed by atoms with E-state index in [1.807, 2.05) is 54.6 Å². The van der Waals surface area contributed by atoms with Gasteiger partial charge in [0.05, 0.1) is 6.61 Å². The van der Waals surface area contributed by atoms with Gasteiger partial charge in [-0.25, -0.2) is 0 Å². The summed E-state index contributed by atoms with van der Waals surface area (Å²) in [6.07, 6.45) is 7.52. The molecular formula is C21H17O2. The molecule has 0 spiro atoms. The fourth-order valence-corrected chi connectivity index (χ4v) is 3.49. The Balaban J connectivity index is 1.79. The van der Waals surface area contributed by atoms with Gasteiger partial charge >= 0.3 is 0 Å². The van der Waals surface area contributed by atoms with Crippen LogP contribution in [0.4, 0.5) is 0 Å². The van der Waals surface area contributed by atoms with Gasteiger partial charge in [-0.1, -0.05) is 60.7 Å². The van der Waals surface area contributed by atoms with Crippen molar-refractivity contribution in [3.63, 3.8) is 0 Å². The second-order valence-corrected chi connectivity index (χ2v) is 6.02. The highest BCUT2D eigenvalue weighted by atomic mass is 16.5. The van der Waals surface area contributed by atoms with Crippen molar-refractivity contribution in [2.45, 2.75) is 12.0 Å². The summed E-state index contributed by atoms with van der Waals surface area (Å²) in [4.78, 5) is 12.0. The first kappa shape index (κ1) is 14.2. The molecule has 23 heavy (non-hydrogen) atoms. The molecule has 2 atom stereocenters. The highest BCUT2D eigenvalue weighted by molar-refractivity contribution is 5.91. The van der Waals surface area contributed by atoms with Gasteiger partial charge in [0, 0.05) is 12.3 Å². The van der Waals surface area contributed by atoms with Crippen LogP contribution in [0.25, 0.3) is 0 Å². The summed E-state index contributed by atoms with van der Waals surface area (Å²) in [5.41, 5.74) is 2.65. The zero-order chi connectivity index (χ0) is 15.7. The predicted molar refractivity (Wildman–Crippen MR) is 88.6 cm³/mol. The number of carbonyl (C=O) groups is 1. The van der Waals surface area contributed by atoms with Gasteiger partial charge in [0.1, 0.15) is 5.60 Å². The van der Waals surface area contributed by atoms with E-state index in [4.69, 9.17) is 4.74 Å². The van der Waals surface area contributed by atoms with E-state index in [1.165, 1.54) is 0 Å². The molecule has 0 aromatic heterocycles. The lowest BCUT2D eigenvalue weighted by atomic mass is 9.73. The molecule has 2 aromatic rings. The number of carbonyl (C=O) groups excluding carboxylic acids is 1. The third-order valence-corrected chi connectivity index (χ3v) is 4.63. The monoisotopic (exact) mass is 301 g/mol. The molecule has 1 aliphatic heterocycles. The lowest BCUT2D eigenvalue weighted by Gasteiger charge is -2.34. The summed E-state index contributed by atoms with van der Waals surface area (Å²) in [6.45, 7) is 0.506. The molecule has 1 fully saturated rings. The van der Waals surface area contributed by atoms with Crippen molar-refractivity contribution >= 4 is 5.78 Å². The van der Waals surface area contributed by atoms with Crippen LogP contribution in [0, 0.1) is 12.0 Å². The smallest absolute Gasteiger partial charge is 0.156 e. The topological polar surface area (TPSA) is 26.3 Å². The first-order valence-corrected chi connectivity index (χ1v) is 7.87. The van der Waals surface area contributed by atoms with Gasteiger partial charge in [-0.15, -0.1) is 0 Å². The normalized spacial score (nSPS) is 28.1. The fraction of sp³-hybridized carbons (Fsp3) is 0.190. The minimum Gasteiger partial charge on any atom is -0.361 e. The maximum atomic E-state index is 12.0. The molecule has 0 bridgehead atoms. The summed E-state index contributed by atoms with van der Waals surface area (Å²) < 4.78 is 6.23. The third-order valence-electron chi connectivity index (χ3n) is 4.63. The van der Waals surface area contributed by atoms with E-state index in [-0.39, 0.29) is 11.7 Å². The Kier molecular flexibility index (Phi) is 3.47. The molecule has 113 valence electrons. The van der Waals surface area contributed by atoms with Crippen LogP contribution in [0.15, 0.2) is 78.4 Å². The maximum absolute atomic E-state index is 12.0. The Morgan fingerprint density at radius 2 is 1.70 bits per heavy atom. The van der Waals surface area contributed by atoms with E-state index in [9.17, 15) is 4.79 Å². The summed E-state index contributed by atoms with van der Waals surface area (Å²) in [5.74, 6) is 0.169. The number of hydrogen-bond acceptors (Lipinski definition) is 2. The van der Waals surface area contributed by atoms with Gasteiger partial charge in [-0.3, -0.25) is 4.79 Å². The minimum absolute atomic E-state index is 0.0163. The Hall–Kier alpha value is -2.45. The highest BCUT2D eigenvalue weighted by Crippen LogP contribution is 2.49. The van der Waals surface area contributed by atoms with Gasteiger partial charge in [-0.05, 0) is 34.9 Å². The molecule has 1 heterocycles. The predicted octanol–water partition coefficient (Wildman–Crippen LogP) is 3.84. The number of rotatable bonds is 2. The number of ether oxygens (including phenoxy) is 1. The molecule has 0 amide bonds. The Bertz CT molecular complexity index is 774. The van der Waals surface area contributed by atoms with Crippen LogP contribution in [0.3, 0.4) is 0 Å². The number of fused-ring (bicyclic) bond motifs is 1. The fourth-order valence-electron chi connectivity index (χ4n) is 3.49. The van der Waals surface area contributed by atoms with Crippen LogP contribution < -0.4 is 0 Å². The van der Waals surface area contributed by atoms with Gasteiger partial charge in [-0.2, -0.15) is 0 Å². The van der Waals surface area contributed by atoms with E-state index in [1.54, 1.807) is 6.08 Å². The summed E-state index contributed by atoms with van der Waals surface area (Å²) in [5, 5.41) is 0. The van der Waals surface area contributed by atoms with E-state index >= 15 is 0 Å². The van der Waals surface area contributed by atoms with E-state index < -0.39 is 5.60 Å². The molecule has 2 aliphatic rings. The Morgan fingerprint density at radius 1 is 1.00 bits per heavy atom. The Morgan fingerprint density at radius 3 is 2.43 bits per heavy atom. The van der Waals surface area contributed by atoms with Gasteiger partial charge in [0.25, 0.3) is 0 Å². The first-order valence-electron chi connectivity index (χ1n) is 7.87. The van der Waals surface area contributed by atoms with Crippen molar-refractivity contribution in [2.24, 2.45) is 5.92 Å². The minimum atomic E-state index is -0.535. The molecule has 4 rings (SSSR count). The average Bonchev–Trinajstić information content (AvgIpc) is 2.96. The van der Waals surface area contributed by atoms with Crippen molar-refractivity contribution in [3.8, 4) is 0 Å². The molecule has 2 unspecified atom stereocenters. The van der Waals surface area contributed by atoms with Crippen LogP contribution in [0.5, 0.6) is 0 Å². The molecule has 2 aromatic carbocycles. The van der Waals surface area contributed by atoms with Crippen molar-refractivity contribution in [1.82, 2.24) is 0 Å². The maximum Gasteiger partial charge on any atom is 0.156 e. The lowest BCUT2D eigenvalue weighted by Crippen LogP contribution is -2.35. The summed E-state index contributed by atoms with van der Waals surface area (Å²) >= 11 is 0. The molecule has 0 saturated carbocycles. The van der Waals surface area contributed by atoms with Crippen LogP contribution in [0.2, 0.25) is 0 Å². The quantitative estimate of drug-likeness (QED) is 0.842. The van der Waals surface area contributed by atoms with Crippen LogP contribution in [-0.2, 0) is 15.1 Å². The second-order valence-electron chi connectivity index (χ2n) is 6.02. The number of hydrogen-bond donors (Lipinski definition) is 0. The first-order chi connectivity index (χ1) is 11.3. The highest BCUT2D eigenvalue weighted by Gasteiger charge is 2.49. The molecule has 2 heteroatoms. The molecular weight excluding hydrogens is 284 g/mol. The van der Waals surface area contributed by atoms with Crippen molar-refractivity contribution in [1.29, 1.82) is 0 Å². The largest absolute Gasteiger partial charge is 0.361 e. The SMILES string of the molecule is O=C1C=CC2(c3ccccc3)OC/C(=[C]\c3ccccc3)C2C1. The van der Waals surface area contributed by atoms with Crippen molar-refractivity contribution in [2.75, 3.05) is 6.61 Å². The number of ketones is 1. The molecule has 1 saturated heterocycles. The summed E-state index contributed by atoms with van der Waals surface area (Å²) in [7, 11) is 0. The van der Waals surface area contributed by atoms with Gasteiger partial charge in [0.2, 0.25) is 0 Å². The molecule has 1 radical (unpaired) electrons. The second kappa shape index (κ2) is 5.64. The van der Waals surface area contributed by atoms with E-state index in [0.717, 1.165) is 16.7 Å². The van der Waals surface area contributed by atoms with Crippen molar-refractivity contribution in [3.05, 3.63) is 95.6 Å². The van der Waals surface area contributed by atoms with Crippen LogP contribution in [0.1, 0.15) is 17.5 Å². The zero-order valence-electron chi connectivity index (χ0n) is 12.7. The molecule has 2 nitrogen and oxygen atoms in total. The van der Waals surface area contributed by atoms with E-state index in [2.05, 4.69) is 18.2 Å². The van der Waals surface area contributed by atoms with Crippen molar-refractivity contribution < 1.29 is 9.53 Å².